The first-order chi connectivity index (χ1) is 8.36. The number of nitrogens with one attached hydrogen (secondary N) is 1. The summed E-state index contributed by atoms with van der Waals surface area (Å²) in [4.78, 5) is 5.76. The zero-order chi connectivity index (χ0) is 11.7. The molecule has 0 spiro atoms. The molecule has 0 bridgehead atoms. The highest BCUT2D eigenvalue weighted by atomic mass is 32.1. The summed E-state index contributed by atoms with van der Waals surface area (Å²) in [5, 5.41) is 8.77. The molecule has 0 saturated carbocycles. The zero-order valence-corrected chi connectivity index (χ0v) is 11.8. The lowest BCUT2D eigenvalue weighted by atomic mass is 10.2. The van der Waals surface area contributed by atoms with Crippen LogP contribution >= 0.6 is 34.0 Å². The molecular weight excluding hydrogens is 268 g/mol. The van der Waals surface area contributed by atoms with E-state index in [1.54, 1.807) is 11.3 Å². The van der Waals surface area contributed by atoms with Gasteiger partial charge in [-0.1, -0.05) is 0 Å². The van der Waals surface area contributed by atoms with Crippen molar-refractivity contribution in [1.29, 1.82) is 0 Å². The summed E-state index contributed by atoms with van der Waals surface area (Å²) in [5.74, 6) is 0. The Labute approximate surface area is 112 Å². The van der Waals surface area contributed by atoms with Crippen LogP contribution in [-0.2, 0) is 6.42 Å². The lowest BCUT2D eigenvalue weighted by Crippen LogP contribution is -2.17. The zero-order valence-electron chi connectivity index (χ0n) is 9.34. The van der Waals surface area contributed by atoms with E-state index in [1.807, 2.05) is 41.3 Å². The van der Waals surface area contributed by atoms with Crippen molar-refractivity contribution in [2.24, 2.45) is 0 Å². The van der Waals surface area contributed by atoms with Crippen LogP contribution in [-0.4, -0.2) is 12.0 Å². The van der Waals surface area contributed by atoms with E-state index in [2.05, 4.69) is 27.8 Å². The molecule has 3 aromatic rings. The van der Waals surface area contributed by atoms with Gasteiger partial charge in [0, 0.05) is 38.3 Å². The Kier molecular flexibility index (Phi) is 3.24. The quantitative estimate of drug-likeness (QED) is 0.783. The number of thiophene rings is 2. The Hall–Kier alpha value is -0.750. The lowest BCUT2D eigenvalue weighted by molar-refractivity contribution is 0.601. The summed E-state index contributed by atoms with van der Waals surface area (Å²) < 4.78 is 2.79. The number of aromatic nitrogens is 1. The molecule has 0 aliphatic rings. The third kappa shape index (κ3) is 2.28. The summed E-state index contributed by atoms with van der Waals surface area (Å²) in [6.45, 7) is 0. The van der Waals surface area contributed by atoms with E-state index < -0.39 is 0 Å². The molecule has 17 heavy (non-hydrogen) atoms. The highest BCUT2D eigenvalue weighted by molar-refractivity contribution is 7.27. The standard InChI is InChI=1S/C12H12N2S3/c1-13-8(6-12-14-3-5-16-12)10-7-11-9(17-10)2-4-15-11/h2-5,7-8,13H,6H2,1H3. The Balaban J connectivity index is 1.87. The van der Waals surface area contributed by atoms with Gasteiger partial charge in [-0.25, -0.2) is 4.98 Å². The molecule has 0 aromatic carbocycles. The van der Waals surface area contributed by atoms with Crippen LogP contribution in [0.4, 0.5) is 0 Å². The Morgan fingerprint density at radius 2 is 2.24 bits per heavy atom. The average Bonchev–Trinajstić information content (AvgIpc) is 3.01. The molecule has 1 unspecified atom stereocenters. The van der Waals surface area contributed by atoms with Gasteiger partial charge in [0.1, 0.15) is 0 Å². The van der Waals surface area contributed by atoms with E-state index in [1.165, 1.54) is 19.3 Å². The van der Waals surface area contributed by atoms with Crippen LogP contribution in [0.3, 0.4) is 0 Å². The third-order valence-corrected chi connectivity index (χ3v) is 5.72. The van der Waals surface area contributed by atoms with Gasteiger partial charge in [0.25, 0.3) is 0 Å². The molecule has 0 amide bonds. The fourth-order valence-corrected chi connectivity index (χ4v) is 4.72. The van der Waals surface area contributed by atoms with Crippen LogP contribution in [0.25, 0.3) is 9.40 Å². The van der Waals surface area contributed by atoms with E-state index >= 15 is 0 Å². The summed E-state index contributed by atoms with van der Waals surface area (Å²) in [6, 6.07) is 4.88. The van der Waals surface area contributed by atoms with Gasteiger partial charge in [-0.05, 0) is 24.6 Å². The number of likely N-dealkylation sites (N-methyl/N-ethyl adjacent to an activating group) is 1. The number of rotatable bonds is 4. The van der Waals surface area contributed by atoms with Gasteiger partial charge in [0.2, 0.25) is 0 Å². The monoisotopic (exact) mass is 280 g/mol. The van der Waals surface area contributed by atoms with Gasteiger partial charge in [-0.15, -0.1) is 34.0 Å². The number of hydrogen-bond acceptors (Lipinski definition) is 5. The largest absolute Gasteiger partial charge is 0.312 e. The second-order valence-corrected chi connectivity index (χ2v) is 6.81. The summed E-state index contributed by atoms with van der Waals surface area (Å²) >= 11 is 5.42. The van der Waals surface area contributed by atoms with Gasteiger partial charge in [0.15, 0.2) is 0 Å². The predicted molar refractivity (Wildman–Crippen MR) is 77.3 cm³/mol. The van der Waals surface area contributed by atoms with Crippen molar-refractivity contribution in [3.8, 4) is 0 Å². The molecule has 0 aliphatic carbocycles. The van der Waals surface area contributed by atoms with Crippen molar-refractivity contribution in [3.05, 3.63) is 39.0 Å². The minimum Gasteiger partial charge on any atom is -0.312 e. The summed E-state index contributed by atoms with van der Waals surface area (Å²) in [5.41, 5.74) is 0. The van der Waals surface area contributed by atoms with Crippen LogP contribution in [0.5, 0.6) is 0 Å². The Morgan fingerprint density at radius 1 is 1.29 bits per heavy atom. The molecule has 88 valence electrons. The van der Waals surface area contributed by atoms with Gasteiger partial charge >= 0.3 is 0 Å². The van der Waals surface area contributed by atoms with Gasteiger partial charge in [0.05, 0.1) is 5.01 Å². The molecule has 0 saturated heterocycles. The molecule has 2 nitrogen and oxygen atoms in total. The Morgan fingerprint density at radius 3 is 2.94 bits per heavy atom. The van der Waals surface area contributed by atoms with Gasteiger partial charge in [-0.3, -0.25) is 0 Å². The molecule has 1 atom stereocenters. The van der Waals surface area contributed by atoms with Crippen LogP contribution in [0.1, 0.15) is 15.9 Å². The minimum atomic E-state index is 0.380. The summed E-state index contributed by atoms with van der Waals surface area (Å²) in [7, 11) is 2.02. The van der Waals surface area contributed by atoms with E-state index in [0.29, 0.717) is 6.04 Å². The maximum atomic E-state index is 4.36. The van der Waals surface area contributed by atoms with E-state index in [4.69, 9.17) is 0 Å². The fraction of sp³-hybridized carbons (Fsp3) is 0.250. The predicted octanol–water partition coefficient (Wildman–Crippen LogP) is 3.92. The molecule has 1 N–H and O–H groups in total. The maximum absolute atomic E-state index is 4.36. The molecule has 0 fully saturated rings. The van der Waals surface area contributed by atoms with E-state index in [0.717, 1.165) is 6.42 Å². The topological polar surface area (TPSA) is 24.9 Å². The molecule has 5 heteroatoms. The second kappa shape index (κ2) is 4.86. The number of thiazole rings is 1. The van der Waals surface area contributed by atoms with Crippen molar-refractivity contribution in [1.82, 2.24) is 10.3 Å². The first-order valence-corrected chi connectivity index (χ1v) is 7.97. The van der Waals surface area contributed by atoms with E-state index in [-0.39, 0.29) is 0 Å². The molecule has 3 aromatic heterocycles. The van der Waals surface area contributed by atoms with Crippen LogP contribution in [0, 0.1) is 0 Å². The average molecular weight is 280 g/mol. The molecule has 0 aliphatic heterocycles. The third-order valence-electron chi connectivity index (χ3n) is 2.71. The first-order valence-electron chi connectivity index (χ1n) is 5.39. The summed E-state index contributed by atoms with van der Waals surface area (Å²) in [6.07, 6.45) is 2.85. The number of hydrogen-bond donors (Lipinski definition) is 1. The molecule has 0 radical (unpaired) electrons. The first kappa shape index (κ1) is 11.3. The normalized spacial score (nSPS) is 13.2. The highest BCUT2D eigenvalue weighted by Crippen LogP contribution is 2.34. The van der Waals surface area contributed by atoms with Crippen molar-refractivity contribution >= 4 is 43.4 Å². The van der Waals surface area contributed by atoms with Crippen molar-refractivity contribution in [3.63, 3.8) is 0 Å². The number of fused-ring (bicyclic) bond motifs is 1. The smallest absolute Gasteiger partial charge is 0.0944 e. The molecule has 3 rings (SSSR count). The maximum Gasteiger partial charge on any atom is 0.0944 e. The lowest BCUT2D eigenvalue weighted by Gasteiger charge is -2.12. The van der Waals surface area contributed by atoms with E-state index in [9.17, 15) is 0 Å². The van der Waals surface area contributed by atoms with Gasteiger partial charge in [-0.2, -0.15) is 0 Å². The van der Waals surface area contributed by atoms with Crippen LogP contribution in [0.2, 0.25) is 0 Å². The SMILES string of the molecule is CNC(Cc1nccs1)c1cc2sccc2s1. The molecular formula is C12H12N2S3. The second-order valence-electron chi connectivity index (χ2n) is 3.77. The van der Waals surface area contributed by atoms with Crippen LogP contribution < -0.4 is 5.32 Å². The minimum absolute atomic E-state index is 0.380. The molecule has 3 heterocycles. The highest BCUT2D eigenvalue weighted by Gasteiger charge is 2.15. The van der Waals surface area contributed by atoms with Gasteiger partial charge < -0.3 is 5.32 Å². The fourth-order valence-electron chi connectivity index (χ4n) is 1.83. The number of nitrogens with zero attached hydrogens (tertiary/aromatic N) is 1. The van der Waals surface area contributed by atoms with Crippen LogP contribution in [0.15, 0.2) is 29.1 Å². The van der Waals surface area contributed by atoms with Crippen molar-refractivity contribution in [2.45, 2.75) is 12.5 Å². The Bertz CT molecular complexity index is 566. The van der Waals surface area contributed by atoms with Crippen molar-refractivity contribution in [2.75, 3.05) is 7.05 Å². The van der Waals surface area contributed by atoms with Crippen molar-refractivity contribution < 1.29 is 0 Å².